The summed E-state index contributed by atoms with van der Waals surface area (Å²) in [7, 11) is 0. The summed E-state index contributed by atoms with van der Waals surface area (Å²) < 4.78 is 14.5. The number of anilines is 4. The third-order valence-electron chi connectivity index (χ3n) is 5.26. The fraction of sp³-hybridized carbons (Fsp3) is 0.318. The van der Waals surface area contributed by atoms with Gasteiger partial charge in [0.05, 0.1) is 22.9 Å². The number of nitrogens with one attached hydrogen (secondary N) is 1. The van der Waals surface area contributed by atoms with Crippen molar-refractivity contribution < 1.29 is 4.39 Å². The molecule has 4 rings (SSSR count). The van der Waals surface area contributed by atoms with Gasteiger partial charge in [0.1, 0.15) is 18.0 Å². The number of nitrogens with two attached hydrogens (primary N) is 1. The second kappa shape index (κ2) is 7.72. The van der Waals surface area contributed by atoms with Crippen molar-refractivity contribution in [3.8, 4) is 0 Å². The summed E-state index contributed by atoms with van der Waals surface area (Å²) in [6.45, 7) is 7.28. The van der Waals surface area contributed by atoms with Crippen LogP contribution < -0.4 is 16.0 Å². The number of halogens is 2. The van der Waals surface area contributed by atoms with Crippen LogP contribution in [0.5, 0.6) is 0 Å². The fourth-order valence-corrected chi connectivity index (χ4v) is 3.75. The second-order valence-electron chi connectivity index (χ2n) is 8.43. The first-order chi connectivity index (χ1) is 14.2. The van der Waals surface area contributed by atoms with Gasteiger partial charge in [-0.1, -0.05) is 38.4 Å². The molecule has 0 saturated heterocycles. The predicted molar refractivity (Wildman–Crippen MR) is 119 cm³/mol. The molecule has 30 heavy (non-hydrogen) atoms. The zero-order chi connectivity index (χ0) is 21.5. The van der Waals surface area contributed by atoms with Gasteiger partial charge in [-0.05, 0) is 36.1 Å². The van der Waals surface area contributed by atoms with Gasteiger partial charge in [-0.25, -0.2) is 15.0 Å². The van der Waals surface area contributed by atoms with E-state index in [0.29, 0.717) is 34.5 Å². The highest BCUT2D eigenvalue weighted by molar-refractivity contribution is 6.33. The Morgan fingerprint density at radius 1 is 1.17 bits per heavy atom. The number of aromatic nitrogens is 3. The zero-order valence-electron chi connectivity index (χ0n) is 17.2. The lowest BCUT2D eigenvalue weighted by molar-refractivity contribution is 0.500. The van der Waals surface area contributed by atoms with Gasteiger partial charge in [-0.3, -0.25) is 0 Å². The van der Waals surface area contributed by atoms with Gasteiger partial charge in [-0.15, -0.1) is 0 Å². The van der Waals surface area contributed by atoms with Crippen LogP contribution in [-0.4, -0.2) is 21.5 Å². The maximum Gasteiger partial charge on any atom is 0.218 e. The molecule has 6 nitrogen and oxygen atoms in total. The minimum atomic E-state index is -0.471. The molecule has 1 aromatic carbocycles. The molecule has 1 aliphatic heterocycles. The van der Waals surface area contributed by atoms with E-state index in [1.807, 2.05) is 39.0 Å². The van der Waals surface area contributed by atoms with Crippen LogP contribution in [0.15, 0.2) is 36.7 Å². The Bertz CT molecular complexity index is 1100. The van der Waals surface area contributed by atoms with Crippen molar-refractivity contribution in [2.45, 2.75) is 39.2 Å². The van der Waals surface area contributed by atoms with Crippen LogP contribution in [0.4, 0.5) is 27.4 Å². The highest BCUT2D eigenvalue weighted by Gasteiger charge is 2.23. The Morgan fingerprint density at radius 3 is 2.67 bits per heavy atom. The lowest BCUT2D eigenvalue weighted by Crippen LogP contribution is -2.31. The third-order valence-corrected chi connectivity index (χ3v) is 5.59. The summed E-state index contributed by atoms with van der Waals surface area (Å²) in [5.41, 5.74) is 9.57. The van der Waals surface area contributed by atoms with Crippen molar-refractivity contribution in [1.29, 1.82) is 0 Å². The average molecular weight is 427 g/mol. The monoisotopic (exact) mass is 426 g/mol. The lowest BCUT2D eigenvalue weighted by Gasteiger charge is -2.31. The first kappa shape index (κ1) is 20.3. The van der Waals surface area contributed by atoms with E-state index in [0.717, 1.165) is 29.9 Å². The quantitative estimate of drug-likeness (QED) is 0.460. The Kier molecular flexibility index (Phi) is 5.24. The standard InChI is InChI=1S/C22H24ClFN6/c1-22(2,3)15-5-7-19(28-20(15)24)29-21-14-8-9-30(11-18(14)26-12-27-21)13-4-6-17(25)16(23)10-13/h4-7,10,12H,8-9,11,25H2,1-3H3,(H,26,27,28,29). The molecular weight excluding hydrogens is 403 g/mol. The number of hydrogen-bond acceptors (Lipinski definition) is 6. The van der Waals surface area contributed by atoms with E-state index in [-0.39, 0.29) is 5.41 Å². The Balaban J connectivity index is 1.57. The SMILES string of the molecule is CC(C)(C)c1ccc(Nc2ncnc3c2CCN(c2ccc(N)c(Cl)c2)C3)nc1F. The molecule has 3 N–H and O–H groups in total. The zero-order valence-corrected chi connectivity index (χ0v) is 18.0. The molecule has 3 heterocycles. The van der Waals surface area contributed by atoms with Gasteiger partial charge in [0.15, 0.2) is 0 Å². The minimum Gasteiger partial charge on any atom is -0.398 e. The van der Waals surface area contributed by atoms with E-state index in [2.05, 4.69) is 25.2 Å². The summed E-state index contributed by atoms with van der Waals surface area (Å²) in [6.07, 6.45) is 2.25. The lowest BCUT2D eigenvalue weighted by atomic mass is 9.88. The molecule has 1 aliphatic rings. The van der Waals surface area contributed by atoms with E-state index in [1.54, 1.807) is 12.1 Å². The van der Waals surface area contributed by atoms with E-state index in [4.69, 9.17) is 17.3 Å². The van der Waals surface area contributed by atoms with Gasteiger partial charge < -0.3 is 16.0 Å². The van der Waals surface area contributed by atoms with Crippen LogP contribution in [-0.2, 0) is 18.4 Å². The molecule has 0 radical (unpaired) electrons. The Labute approximate surface area is 180 Å². The molecule has 2 aromatic heterocycles. The Morgan fingerprint density at radius 2 is 1.97 bits per heavy atom. The molecule has 0 spiro atoms. The van der Waals surface area contributed by atoms with Crippen molar-refractivity contribution in [3.05, 3.63) is 64.5 Å². The summed E-state index contributed by atoms with van der Waals surface area (Å²) in [5, 5.41) is 3.70. The van der Waals surface area contributed by atoms with Crippen LogP contribution in [0.25, 0.3) is 0 Å². The third kappa shape index (κ3) is 4.03. The van der Waals surface area contributed by atoms with Crippen LogP contribution >= 0.6 is 11.6 Å². The van der Waals surface area contributed by atoms with Crippen molar-refractivity contribution >= 4 is 34.6 Å². The topological polar surface area (TPSA) is 80.0 Å². The van der Waals surface area contributed by atoms with E-state index >= 15 is 0 Å². The molecule has 0 bridgehead atoms. The number of benzene rings is 1. The van der Waals surface area contributed by atoms with E-state index in [9.17, 15) is 4.39 Å². The van der Waals surface area contributed by atoms with Crippen LogP contribution in [0, 0.1) is 5.95 Å². The normalized spacial score (nSPS) is 13.8. The van der Waals surface area contributed by atoms with Crippen molar-refractivity contribution in [2.24, 2.45) is 0 Å². The van der Waals surface area contributed by atoms with Crippen molar-refractivity contribution in [3.63, 3.8) is 0 Å². The highest BCUT2D eigenvalue weighted by atomic mass is 35.5. The molecule has 0 fully saturated rings. The largest absolute Gasteiger partial charge is 0.398 e. The van der Waals surface area contributed by atoms with E-state index in [1.165, 1.54) is 6.33 Å². The van der Waals surface area contributed by atoms with Crippen LogP contribution in [0.3, 0.4) is 0 Å². The highest BCUT2D eigenvalue weighted by Crippen LogP contribution is 2.31. The molecule has 0 saturated carbocycles. The molecular formula is C22H24ClFN6. The summed E-state index contributed by atoms with van der Waals surface area (Å²) in [4.78, 5) is 15.1. The van der Waals surface area contributed by atoms with Gasteiger partial charge in [0, 0.05) is 23.4 Å². The number of pyridine rings is 1. The van der Waals surface area contributed by atoms with Crippen molar-refractivity contribution in [2.75, 3.05) is 22.5 Å². The number of rotatable bonds is 3. The number of nitrogen functional groups attached to an aromatic ring is 1. The summed E-state index contributed by atoms with van der Waals surface area (Å²) in [5.74, 6) is 0.612. The minimum absolute atomic E-state index is 0.307. The second-order valence-corrected chi connectivity index (χ2v) is 8.84. The summed E-state index contributed by atoms with van der Waals surface area (Å²) in [6, 6.07) is 9.18. The first-order valence-corrected chi connectivity index (χ1v) is 10.2. The molecule has 8 heteroatoms. The van der Waals surface area contributed by atoms with E-state index < -0.39 is 5.95 Å². The number of hydrogen-bond donors (Lipinski definition) is 2. The van der Waals surface area contributed by atoms with Gasteiger partial charge in [0.2, 0.25) is 5.95 Å². The Hall–Kier alpha value is -2.93. The number of nitrogens with zero attached hydrogens (tertiary/aromatic N) is 4. The maximum absolute atomic E-state index is 14.5. The molecule has 0 aliphatic carbocycles. The molecule has 0 unspecified atom stereocenters. The number of fused-ring (bicyclic) bond motifs is 1. The average Bonchev–Trinajstić information content (AvgIpc) is 2.69. The molecule has 156 valence electrons. The molecule has 0 atom stereocenters. The molecule has 3 aromatic rings. The predicted octanol–water partition coefficient (Wildman–Crippen LogP) is 4.85. The van der Waals surface area contributed by atoms with Gasteiger partial charge in [-0.2, -0.15) is 4.39 Å². The van der Waals surface area contributed by atoms with Crippen molar-refractivity contribution in [1.82, 2.24) is 15.0 Å². The van der Waals surface area contributed by atoms with Crippen LogP contribution in [0.1, 0.15) is 37.6 Å². The van der Waals surface area contributed by atoms with Gasteiger partial charge >= 0.3 is 0 Å². The van der Waals surface area contributed by atoms with Crippen LogP contribution in [0.2, 0.25) is 5.02 Å². The fourth-order valence-electron chi connectivity index (χ4n) is 3.58. The van der Waals surface area contributed by atoms with Gasteiger partial charge in [0.25, 0.3) is 0 Å². The molecule has 0 amide bonds. The summed E-state index contributed by atoms with van der Waals surface area (Å²) >= 11 is 6.18. The first-order valence-electron chi connectivity index (χ1n) is 9.79. The maximum atomic E-state index is 14.5. The smallest absolute Gasteiger partial charge is 0.218 e.